The SMILES string of the molecule is O=C(O)c1cccc(Nc2nc(Cl)nc(Cl)n2)c1-c1c2ccc(=O)cc-2oc2cc(O)ccc12. The molecule has 0 unspecified atom stereocenters. The second-order valence-corrected chi connectivity index (χ2v) is 7.85. The third-order valence-electron chi connectivity index (χ3n) is 5.05. The monoisotopic (exact) mass is 494 g/mol. The predicted octanol–water partition coefficient (Wildman–Crippen LogP) is 5.20. The molecular weight excluding hydrogens is 483 g/mol. The third-order valence-corrected chi connectivity index (χ3v) is 5.39. The second-order valence-electron chi connectivity index (χ2n) is 7.17. The van der Waals surface area contributed by atoms with Gasteiger partial charge in [-0.1, -0.05) is 6.07 Å². The van der Waals surface area contributed by atoms with Gasteiger partial charge in [-0.15, -0.1) is 0 Å². The molecule has 1 aliphatic heterocycles. The van der Waals surface area contributed by atoms with E-state index in [9.17, 15) is 19.8 Å². The molecule has 9 nitrogen and oxygen atoms in total. The molecule has 11 heteroatoms. The van der Waals surface area contributed by atoms with Gasteiger partial charge >= 0.3 is 5.97 Å². The van der Waals surface area contributed by atoms with E-state index in [0.29, 0.717) is 22.2 Å². The largest absolute Gasteiger partial charge is 0.508 e. The van der Waals surface area contributed by atoms with Gasteiger partial charge in [0.2, 0.25) is 16.5 Å². The molecule has 1 aliphatic carbocycles. The van der Waals surface area contributed by atoms with E-state index in [4.69, 9.17) is 27.6 Å². The zero-order chi connectivity index (χ0) is 24.0. The van der Waals surface area contributed by atoms with E-state index in [2.05, 4.69) is 20.3 Å². The molecule has 0 fully saturated rings. The highest BCUT2D eigenvalue weighted by molar-refractivity contribution is 6.31. The number of carboxylic acid groups (broad SMARTS) is 1. The Labute approximate surface area is 200 Å². The van der Waals surface area contributed by atoms with Gasteiger partial charge < -0.3 is 19.9 Å². The molecule has 34 heavy (non-hydrogen) atoms. The van der Waals surface area contributed by atoms with Gasteiger partial charge in [0, 0.05) is 39.9 Å². The van der Waals surface area contributed by atoms with Crippen LogP contribution in [0.15, 0.2) is 63.8 Å². The minimum atomic E-state index is -1.19. The van der Waals surface area contributed by atoms with Gasteiger partial charge in [-0.05, 0) is 59.6 Å². The molecule has 0 atom stereocenters. The number of carboxylic acids is 1. The average molecular weight is 495 g/mol. The molecule has 0 saturated heterocycles. The number of halogens is 2. The van der Waals surface area contributed by atoms with Crippen LogP contribution in [0.25, 0.3) is 33.4 Å². The summed E-state index contributed by atoms with van der Waals surface area (Å²) in [5, 5.41) is 23.2. The molecule has 0 saturated carbocycles. The summed E-state index contributed by atoms with van der Waals surface area (Å²) in [7, 11) is 0. The summed E-state index contributed by atoms with van der Waals surface area (Å²) in [6, 6.07) is 13.3. The highest BCUT2D eigenvalue weighted by atomic mass is 35.5. The third kappa shape index (κ3) is 3.87. The first kappa shape index (κ1) is 21.6. The number of aromatic hydroxyl groups is 1. The van der Waals surface area contributed by atoms with Crippen LogP contribution in [0, 0.1) is 0 Å². The number of aromatic carboxylic acids is 1. The maximum atomic E-state index is 12.3. The lowest BCUT2D eigenvalue weighted by Crippen LogP contribution is -2.07. The molecule has 3 N–H and O–H groups in total. The van der Waals surface area contributed by atoms with Crippen LogP contribution in [-0.4, -0.2) is 31.1 Å². The van der Waals surface area contributed by atoms with Crippen molar-refractivity contribution in [1.29, 1.82) is 0 Å². The van der Waals surface area contributed by atoms with E-state index in [0.717, 1.165) is 0 Å². The molecule has 2 aromatic carbocycles. The van der Waals surface area contributed by atoms with Crippen molar-refractivity contribution >= 4 is 51.8 Å². The Morgan fingerprint density at radius 2 is 1.71 bits per heavy atom. The lowest BCUT2D eigenvalue weighted by molar-refractivity contribution is 0.0697. The fourth-order valence-electron chi connectivity index (χ4n) is 3.73. The lowest BCUT2D eigenvalue weighted by atomic mass is 9.89. The van der Waals surface area contributed by atoms with Gasteiger partial charge in [0.1, 0.15) is 17.1 Å². The Balaban J connectivity index is 1.88. The Kier molecular flexibility index (Phi) is 5.27. The topological polar surface area (TPSA) is 138 Å². The van der Waals surface area contributed by atoms with Crippen molar-refractivity contribution in [3.05, 3.63) is 81.0 Å². The van der Waals surface area contributed by atoms with Crippen LogP contribution in [-0.2, 0) is 0 Å². The zero-order valence-electron chi connectivity index (χ0n) is 16.9. The number of aromatic nitrogens is 3. The van der Waals surface area contributed by atoms with Crippen LogP contribution in [0.2, 0.25) is 10.6 Å². The van der Waals surface area contributed by atoms with Crippen LogP contribution in [0.5, 0.6) is 5.75 Å². The Hall–Kier alpha value is -4.21. The number of hydrogen-bond donors (Lipinski definition) is 3. The summed E-state index contributed by atoms with van der Waals surface area (Å²) in [5.41, 5.74) is 1.48. The maximum Gasteiger partial charge on any atom is 0.336 e. The standard InChI is InChI=1S/C23H12Cl2N4O5/c24-21-27-22(25)29-23(28-21)26-15-3-1-2-14(20(32)33)19(15)18-12-6-4-10(30)8-16(12)34-17-9-11(31)5-7-13(17)18/h1-9,30H,(H,32,33)(H,26,27,28,29). The Bertz CT molecular complexity index is 1620. The predicted molar refractivity (Wildman–Crippen MR) is 126 cm³/mol. The fourth-order valence-corrected chi connectivity index (χ4v) is 4.10. The number of fused-ring (bicyclic) bond motifs is 2. The van der Waals surface area contributed by atoms with E-state index in [1.54, 1.807) is 24.3 Å². The molecule has 0 spiro atoms. The minimum Gasteiger partial charge on any atom is -0.508 e. The van der Waals surface area contributed by atoms with Crippen molar-refractivity contribution in [2.75, 3.05) is 5.32 Å². The van der Waals surface area contributed by atoms with Crippen molar-refractivity contribution in [1.82, 2.24) is 15.0 Å². The number of nitrogens with zero attached hydrogens (tertiary/aromatic N) is 3. The minimum absolute atomic E-state index is 0.00232. The maximum absolute atomic E-state index is 12.3. The van der Waals surface area contributed by atoms with E-state index >= 15 is 0 Å². The first-order valence-electron chi connectivity index (χ1n) is 9.70. The zero-order valence-corrected chi connectivity index (χ0v) is 18.4. The van der Waals surface area contributed by atoms with Gasteiger partial charge in [-0.25, -0.2) is 4.79 Å². The van der Waals surface area contributed by atoms with Crippen molar-refractivity contribution in [3.63, 3.8) is 0 Å². The molecule has 0 radical (unpaired) electrons. The quantitative estimate of drug-likeness (QED) is 0.287. The molecule has 2 aliphatic rings. The second kappa shape index (κ2) is 8.29. The molecule has 168 valence electrons. The normalized spacial score (nSPS) is 11.1. The molecule has 1 aromatic heterocycles. The first-order chi connectivity index (χ1) is 16.3. The number of rotatable bonds is 4. The lowest BCUT2D eigenvalue weighted by Gasteiger charge is -2.20. The number of nitrogens with one attached hydrogen (secondary N) is 1. The molecule has 2 heterocycles. The Morgan fingerprint density at radius 1 is 0.941 bits per heavy atom. The fraction of sp³-hybridized carbons (Fsp3) is 0. The van der Waals surface area contributed by atoms with E-state index < -0.39 is 5.97 Å². The molecule has 0 bridgehead atoms. The first-order valence-corrected chi connectivity index (χ1v) is 10.5. The van der Waals surface area contributed by atoms with Crippen molar-refractivity contribution in [2.24, 2.45) is 0 Å². The van der Waals surface area contributed by atoms with Gasteiger partial charge in [0.25, 0.3) is 0 Å². The van der Waals surface area contributed by atoms with Gasteiger partial charge in [0.05, 0.1) is 5.56 Å². The van der Waals surface area contributed by atoms with Crippen LogP contribution in [0.3, 0.4) is 0 Å². The number of anilines is 2. The van der Waals surface area contributed by atoms with Crippen molar-refractivity contribution in [2.45, 2.75) is 0 Å². The average Bonchev–Trinajstić information content (AvgIpc) is 2.76. The number of phenols is 1. The Morgan fingerprint density at radius 3 is 2.44 bits per heavy atom. The summed E-state index contributed by atoms with van der Waals surface area (Å²) in [6.45, 7) is 0. The van der Waals surface area contributed by atoms with E-state index in [1.165, 1.54) is 30.3 Å². The number of carbonyl (C=O) groups is 1. The number of phenolic OH excluding ortho intramolecular Hbond substituents is 1. The summed E-state index contributed by atoms with van der Waals surface area (Å²) in [4.78, 5) is 36.0. The number of benzene rings is 3. The van der Waals surface area contributed by atoms with E-state index in [-0.39, 0.29) is 50.2 Å². The smallest absolute Gasteiger partial charge is 0.336 e. The summed E-state index contributed by atoms with van der Waals surface area (Å²) in [6.07, 6.45) is 0. The number of hydrogen-bond acceptors (Lipinski definition) is 8. The highest BCUT2D eigenvalue weighted by Gasteiger charge is 2.25. The highest BCUT2D eigenvalue weighted by Crippen LogP contribution is 2.45. The van der Waals surface area contributed by atoms with Crippen LogP contribution >= 0.6 is 23.2 Å². The summed E-state index contributed by atoms with van der Waals surface area (Å²) < 4.78 is 5.86. The summed E-state index contributed by atoms with van der Waals surface area (Å²) >= 11 is 11.8. The van der Waals surface area contributed by atoms with Crippen LogP contribution < -0.4 is 10.7 Å². The summed E-state index contributed by atoms with van der Waals surface area (Å²) in [5.74, 6) is -1.02. The molecule has 3 aromatic rings. The van der Waals surface area contributed by atoms with Gasteiger partial charge in [0.15, 0.2) is 5.43 Å². The molecular formula is C23H12Cl2N4O5. The molecule has 0 amide bonds. The van der Waals surface area contributed by atoms with Crippen LogP contribution in [0.4, 0.5) is 11.6 Å². The van der Waals surface area contributed by atoms with Crippen molar-refractivity contribution in [3.8, 4) is 28.2 Å². The van der Waals surface area contributed by atoms with Gasteiger partial charge in [-0.2, -0.15) is 15.0 Å². The van der Waals surface area contributed by atoms with E-state index in [1.807, 2.05) is 0 Å². The molecule has 5 rings (SSSR count). The van der Waals surface area contributed by atoms with Crippen molar-refractivity contribution < 1.29 is 19.4 Å². The van der Waals surface area contributed by atoms with Gasteiger partial charge in [-0.3, -0.25) is 4.79 Å². The van der Waals surface area contributed by atoms with Crippen LogP contribution in [0.1, 0.15) is 10.4 Å².